The van der Waals surface area contributed by atoms with Gasteiger partial charge in [-0.3, -0.25) is 9.59 Å². The second kappa shape index (κ2) is 6.16. The summed E-state index contributed by atoms with van der Waals surface area (Å²) in [5, 5.41) is 17.2. The van der Waals surface area contributed by atoms with Crippen LogP contribution in [0, 0.1) is 23.2 Å². The fourth-order valence-electron chi connectivity index (χ4n) is 1.07. The van der Waals surface area contributed by atoms with E-state index in [0.29, 0.717) is 12.8 Å². The quantitative estimate of drug-likeness (QED) is 0.427. The van der Waals surface area contributed by atoms with Crippen LogP contribution in [0.2, 0.25) is 0 Å². The van der Waals surface area contributed by atoms with E-state index in [-0.39, 0.29) is 11.8 Å². The Labute approximate surface area is 95.7 Å². The molecule has 0 fully saturated rings. The van der Waals surface area contributed by atoms with Gasteiger partial charge in [0.1, 0.15) is 0 Å². The molecule has 0 aliphatic heterocycles. The maximum absolute atomic E-state index is 10.5. The number of carboxylic acid groups (broad SMARTS) is 2. The van der Waals surface area contributed by atoms with Gasteiger partial charge in [-0.2, -0.15) is 0 Å². The predicted molar refractivity (Wildman–Crippen MR) is 59.8 cm³/mol. The number of aliphatic carboxylic acids is 2. The van der Waals surface area contributed by atoms with Crippen LogP contribution in [0.3, 0.4) is 0 Å². The second-order valence-electron chi connectivity index (χ2n) is 4.67. The summed E-state index contributed by atoms with van der Waals surface area (Å²) in [6.07, 6.45) is 1.16. The Morgan fingerprint density at radius 2 is 1.69 bits per heavy atom. The zero-order valence-electron chi connectivity index (χ0n) is 9.91. The Balaban J connectivity index is 4.01. The Morgan fingerprint density at radius 3 is 2.06 bits per heavy atom. The van der Waals surface area contributed by atoms with E-state index in [2.05, 4.69) is 11.8 Å². The number of carboxylic acids is 2. The molecular formula is C12H18O4. The summed E-state index contributed by atoms with van der Waals surface area (Å²) in [6, 6.07) is 0. The molecule has 0 amide bonds. The molecule has 16 heavy (non-hydrogen) atoms. The summed E-state index contributed by atoms with van der Waals surface area (Å²) in [5.74, 6) is 2.06. The van der Waals surface area contributed by atoms with Gasteiger partial charge in [-0.05, 0) is 33.6 Å². The van der Waals surface area contributed by atoms with Gasteiger partial charge in [0.15, 0.2) is 5.92 Å². The van der Waals surface area contributed by atoms with Gasteiger partial charge in [-0.25, -0.2) is 0 Å². The number of hydrogen-bond acceptors (Lipinski definition) is 2. The monoisotopic (exact) mass is 226 g/mol. The van der Waals surface area contributed by atoms with Crippen LogP contribution in [0.4, 0.5) is 0 Å². The summed E-state index contributed by atoms with van der Waals surface area (Å²) in [6.45, 7) is 5.95. The maximum atomic E-state index is 10.5. The largest absolute Gasteiger partial charge is 0.481 e. The van der Waals surface area contributed by atoms with Crippen LogP contribution in [0.1, 0.15) is 40.0 Å². The average molecular weight is 226 g/mol. The van der Waals surface area contributed by atoms with E-state index in [1.165, 1.54) is 0 Å². The smallest absolute Gasteiger partial charge is 0.317 e. The molecule has 0 aliphatic carbocycles. The lowest BCUT2D eigenvalue weighted by Crippen LogP contribution is -2.23. The molecule has 0 aromatic heterocycles. The van der Waals surface area contributed by atoms with Crippen molar-refractivity contribution in [1.82, 2.24) is 0 Å². The SMILES string of the molecule is CC(C)(C)C#CCCCC(C(=O)O)C(=O)O. The van der Waals surface area contributed by atoms with Crippen molar-refractivity contribution in [2.45, 2.75) is 40.0 Å². The molecule has 0 heterocycles. The van der Waals surface area contributed by atoms with Crippen LogP contribution in [0.5, 0.6) is 0 Å². The first-order chi connectivity index (χ1) is 7.24. The lowest BCUT2D eigenvalue weighted by molar-refractivity contribution is -0.154. The average Bonchev–Trinajstić information content (AvgIpc) is 2.07. The topological polar surface area (TPSA) is 74.6 Å². The number of unbranched alkanes of at least 4 members (excludes halogenated alkanes) is 1. The van der Waals surface area contributed by atoms with E-state index >= 15 is 0 Å². The molecule has 0 radical (unpaired) electrons. The molecular weight excluding hydrogens is 208 g/mol. The molecule has 4 nitrogen and oxygen atoms in total. The van der Waals surface area contributed by atoms with Crippen molar-refractivity contribution in [3.63, 3.8) is 0 Å². The zero-order valence-corrected chi connectivity index (χ0v) is 9.91. The molecule has 2 N–H and O–H groups in total. The van der Waals surface area contributed by atoms with Crippen molar-refractivity contribution < 1.29 is 19.8 Å². The summed E-state index contributed by atoms with van der Waals surface area (Å²) in [4.78, 5) is 21.1. The highest BCUT2D eigenvalue weighted by Crippen LogP contribution is 2.12. The Bertz CT molecular complexity index is 300. The Morgan fingerprint density at radius 1 is 1.19 bits per heavy atom. The highest BCUT2D eigenvalue weighted by molar-refractivity contribution is 5.92. The van der Waals surface area contributed by atoms with Crippen molar-refractivity contribution in [2.75, 3.05) is 0 Å². The minimum Gasteiger partial charge on any atom is -0.481 e. The van der Waals surface area contributed by atoms with Crippen LogP contribution < -0.4 is 0 Å². The molecule has 0 spiro atoms. The van der Waals surface area contributed by atoms with Crippen LogP contribution in [-0.2, 0) is 9.59 Å². The van der Waals surface area contributed by atoms with Gasteiger partial charge in [0.05, 0.1) is 0 Å². The molecule has 0 saturated carbocycles. The lowest BCUT2D eigenvalue weighted by Gasteiger charge is -2.07. The first-order valence-corrected chi connectivity index (χ1v) is 5.19. The van der Waals surface area contributed by atoms with Crippen molar-refractivity contribution >= 4 is 11.9 Å². The maximum Gasteiger partial charge on any atom is 0.317 e. The normalized spacial score (nSPS) is 10.8. The molecule has 0 saturated heterocycles. The summed E-state index contributed by atoms with van der Waals surface area (Å²) in [7, 11) is 0. The van der Waals surface area contributed by atoms with Crippen LogP contribution in [0.25, 0.3) is 0 Å². The summed E-state index contributed by atoms with van der Waals surface area (Å²) < 4.78 is 0. The van der Waals surface area contributed by atoms with Gasteiger partial charge in [-0.1, -0.05) is 5.92 Å². The highest BCUT2D eigenvalue weighted by atomic mass is 16.4. The Hall–Kier alpha value is -1.50. The first kappa shape index (κ1) is 14.5. The van der Waals surface area contributed by atoms with E-state index in [4.69, 9.17) is 10.2 Å². The molecule has 0 rings (SSSR count). The third-order valence-electron chi connectivity index (χ3n) is 1.85. The molecule has 0 bridgehead atoms. The third-order valence-corrected chi connectivity index (χ3v) is 1.85. The summed E-state index contributed by atoms with van der Waals surface area (Å²) >= 11 is 0. The van der Waals surface area contributed by atoms with Gasteiger partial charge in [0.2, 0.25) is 0 Å². The van der Waals surface area contributed by atoms with E-state index < -0.39 is 17.9 Å². The van der Waals surface area contributed by atoms with Crippen molar-refractivity contribution in [1.29, 1.82) is 0 Å². The van der Waals surface area contributed by atoms with Crippen LogP contribution in [0.15, 0.2) is 0 Å². The second-order valence-corrected chi connectivity index (χ2v) is 4.67. The molecule has 0 atom stereocenters. The molecule has 0 unspecified atom stereocenters. The zero-order chi connectivity index (χ0) is 12.8. The fourth-order valence-corrected chi connectivity index (χ4v) is 1.07. The first-order valence-electron chi connectivity index (χ1n) is 5.19. The van der Waals surface area contributed by atoms with E-state index in [9.17, 15) is 9.59 Å². The van der Waals surface area contributed by atoms with Crippen molar-refractivity contribution in [3.05, 3.63) is 0 Å². The predicted octanol–water partition coefficient (Wildman–Crippen LogP) is 1.99. The van der Waals surface area contributed by atoms with Gasteiger partial charge in [0, 0.05) is 11.8 Å². The highest BCUT2D eigenvalue weighted by Gasteiger charge is 2.24. The fraction of sp³-hybridized carbons (Fsp3) is 0.667. The van der Waals surface area contributed by atoms with Crippen molar-refractivity contribution in [3.8, 4) is 11.8 Å². The standard InChI is InChI=1S/C12H18O4/c1-12(2,3)8-6-4-5-7-9(10(13)14)11(15)16/h9H,4-5,7H2,1-3H3,(H,13,14)(H,15,16). The van der Waals surface area contributed by atoms with E-state index in [1.807, 2.05) is 20.8 Å². The number of rotatable bonds is 5. The number of hydrogen-bond donors (Lipinski definition) is 2. The van der Waals surface area contributed by atoms with Gasteiger partial charge in [0.25, 0.3) is 0 Å². The number of carbonyl (C=O) groups is 2. The lowest BCUT2D eigenvalue weighted by atomic mass is 9.97. The minimum atomic E-state index is -1.31. The van der Waals surface area contributed by atoms with Crippen molar-refractivity contribution in [2.24, 2.45) is 11.3 Å². The van der Waals surface area contributed by atoms with Gasteiger partial charge >= 0.3 is 11.9 Å². The van der Waals surface area contributed by atoms with E-state index in [0.717, 1.165) is 0 Å². The molecule has 0 aromatic rings. The van der Waals surface area contributed by atoms with Crippen LogP contribution >= 0.6 is 0 Å². The minimum absolute atomic E-state index is 0.0704. The molecule has 0 aliphatic rings. The molecule has 90 valence electrons. The summed E-state index contributed by atoms with van der Waals surface area (Å²) in [5.41, 5.74) is -0.0704. The van der Waals surface area contributed by atoms with Crippen LogP contribution in [-0.4, -0.2) is 22.2 Å². The van der Waals surface area contributed by atoms with Gasteiger partial charge in [-0.15, -0.1) is 5.92 Å². The Kier molecular flexibility index (Phi) is 5.59. The van der Waals surface area contributed by atoms with E-state index in [1.54, 1.807) is 0 Å². The molecule has 0 aromatic carbocycles. The van der Waals surface area contributed by atoms with Gasteiger partial charge < -0.3 is 10.2 Å². The molecule has 4 heteroatoms. The third kappa shape index (κ3) is 6.88.